The number of benzene rings is 1. The van der Waals surface area contributed by atoms with Crippen LogP contribution in [0.5, 0.6) is 5.75 Å². The van der Waals surface area contributed by atoms with Crippen molar-refractivity contribution in [2.45, 2.75) is 37.9 Å². The van der Waals surface area contributed by atoms with Crippen molar-refractivity contribution in [1.29, 1.82) is 0 Å². The van der Waals surface area contributed by atoms with Gasteiger partial charge < -0.3 is 19.7 Å². The highest BCUT2D eigenvalue weighted by atomic mass is 16.5. The first-order valence-electron chi connectivity index (χ1n) is 9.57. The minimum absolute atomic E-state index is 0.00831. The molecule has 2 aliphatic rings. The maximum absolute atomic E-state index is 12.8. The molecule has 0 unspecified atom stereocenters. The highest BCUT2D eigenvalue weighted by Gasteiger charge is 2.34. The third kappa shape index (κ3) is 4.78. The summed E-state index contributed by atoms with van der Waals surface area (Å²) in [5.41, 5.74) is 1.02. The van der Waals surface area contributed by atoms with Crippen molar-refractivity contribution >= 4 is 11.8 Å². The molecule has 1 aromatic rings. The molecule has 0 aliphatic carbocycles. The molecule has 1 N–H and O–H groups in total. The summed E-state index contributed by atoms with van der Waals surface area (Å²) >= 11 is 0. The van der Waals surface area contributed by atoms with Crippen LogP contribution >= 0.6 is 0 Å². The summed E-state index contributed by atoms with van der Waals surface area (Å²) in [5, 5.41) is 2.90. The van der Waals surface area contributed by atoms with Crippen LogP contribution in [0.15, 0.2) is 24.3 Å². The molecular weight excluding hydrogens is 346 g/mol. The SMILES string of the molecule is COc1ccccc1CN1CCNC(=O)[C@H]1CC(=O)N(C)C1CCOCC1. The van der Waals surface area contributed by atoms with Crippen molar-refractivity contribution in [3.8, 4) is 5.75 Å². The summed E-state index contributed by atoms with van der Waals surface area (Å²) in [6.07, 6.45) is 1.89. The first kappa shape index (κ1) is 19.6. The molecule has 1 aromatic carbocycles. The lowest BCUT2D eigenvalue weighted by Crippen LogP contribution is -2.56. The van der Waals surface area contributed by atoms with Crippen molar-refractivity contribution in [3.63, 3.8) is 0 Å². The molecule has 3 rings (SSSR count). The van der Waals surface area contributed by atoms with Gasteiger partial charge in [0.1, 0.15) is 5.75 Å². The molecule has 0 spiro atoms. The topological polar surface area (TPSA) is 71.1 Å². The molecule has 2 heterocycles. The number of methoxy groups -OCH3 is 1. The Balaban J connectivity index is 1.68. The second kappa shape index (κ2) is 9.19. The molecule has 1 atom stereocenters. The zero-order valence-corrected chi connectivity index (χ0v) is 16.1. The van der Waals surface area contributed by atoms with Crippen LogP contribution in [0.3, 0.4) is 0 Å². The van der Waals surface area contributed by atoms with Gasteiger partial charge in [0.05, 0.1) is 19.6 Å². The second-order valence-corrected chi connectivity index (χ2v) is 7.14. The Kier molecular flexibility index (Phi) is 6.68. The molecule has 2 fully saturated rings. The van der Waals surface area contributed by atoms with E-state index in [1.54, 1.807) is 12.0 Å². The predicted molar refractivity (Wildman–Crippen MR) is 101 cm³/mol. The zero-order valence-electron chi connectivity index (χ0n) is 16.1. The van der Waals surface area contributed by atoms with Crippen molar-refractivity contribution in [3.05, 3.63) is 29.8 Å². The van der Waals surface area contributed by atoms with Crippen LogP contribution in [-0.2, 0) is 20.9 Å². The fourth-order valence-electron chi connectivity index (χ4n) is 3.81. The molecule has 0 aromatic heterocycles. The number of piperazine rings is 1. The van der Waals surface area contributed by atoms with Crippen molar-refractivity contribution < 1.29 is 19.1 Å². The number of amides is 2. The van der Waals surface area contributed by atoms with Gasteiger partial charge in [0.2, 0.25) is 11.8 Å². The maximum atomic E-state index is 12.8. The summed E-state index contributed by atoms with van der Waals surface area (Å²) < 4.78 is 10.8. The van der Waals surface area contributed by atoms with E-state index in [9.17, 15) is 9.59 Å². The number of rotatable bonds is 6. The second-order valence-electron chi connectivity index (χ2n) is 7.14. The van der Waals surface area contributed by atoms with E-state index in [0.717, 1.165) is 24.2 Å². The van der Waals surface area contributed by atoms with Crippen LogP contribution in [0.1, 0.15) is 24.8 Å². The number of carbonyl (C=O) groups excluding carboxylic acids is 2. The van der Waals surface area contributed by atoms with Crippen LogP contribution in [-0.4, -0.2) is 74.2 Å². The van der Waals surface area contributed by atoms with Crippen LogP contribution in [0.2, 0.25) is 0 Å². The minimum Gasteiger partial charge on any atom is -0.496 e. The number of nitrogens with one attached hydrogen (secondary N) is 1. The molecule has 2 aliphatic heterocycles. The van der Waals surface area contributed by atoms with E-state index in [1.807, 2.05) is 31.3 Å². The van der Waals surface area contributed by atoms with Crippen molar-refractivity contribution in [2.75, 3.05) is 40.5 Å². The number of para-hydroxylation sites is 1. The fourth-order valence-corrected chi connectivity index (χ4v) is 3.81. The zero-order chi connectivity index (χ0) is 19.2. The van der Waals surface area contributed by atoms with E-state index in [-0.39, 0.29) is 24.3 Å². The summed E-state index contributed by atoms with van der Waals surface area (Å²) in [5.74, 6) is 0.728. The van der Waals surface area contributed by atoms with Gasteiger partial charge in [-0.1, -0.05) is 18.2 Å². The molecule has 0 bridgehead atoms. The van der Waals surface area contributed by atoms with E-state index in [4.69, 9.17) is 9.47 Å². The van der Waals surface area contributed by atoms with Crippen LogP contribution < -0.4 is 10.1 Å². The molecule has 148 valence electrons. The summed E-state index contributed by atoms with van der Waals surface area (Å²) in [7, 11) is 3.48. The van der Waals surface area contributed by atoms with E-state index in [0.29, 0.717) is 32.8 Å². The third-order valence-electron chi connectivity index (χ3n) is 5.51. The minimum atomic E-state index is -0.460. The van der Waals surface area contributed by atoms with Crippen LogP contribution in [0.4, 0.5) is 0 Å². The largest absolute Gasteiger partial charge is 0.496 e. The maximum Gasteiger partial charge on any atom is 0.237 e. The number of hydrogen-bond acceptors (Lipinski definition) is 5. The van der Waals surface area contributed by atoms with Gasteiger partial charge in [-0.2, -0.15) is 0 Å². The van der Waals surface area contributed by atoms with Gasteiger partial charge in [0, 0.05) is 51.5 Å². The molecule has 7 nitrogen and oxygen atoms in total. The van der Waals surface area contributed by atoms with Gasteiger partial charge in [0.25, 0.3) is 0 Å². The van der Waals surface area contributed by atoms with Gasteiger partial charge in [-0.15, -0.1) is 0 Å². The Morgan fingerprint density at radius 2 is 2.07 bits per heavy atom. The third-order valence-corrected chi connectivity index (χ3v) is 5.51. The summed E-state index contributed by atoms with van der Waals surface area (Å²) in [6, 6.07) is 7.53. The van der Waals surface area contributed by atoms with Crippen molar-refractivity contribution in [1.82, 2.24) is 15.1 Å². The number of hydrogen-bond donors (Lipinski definition) is 1. The Labute approximate surface area is 160 Å². The molecule has 27 heavy (non-hydrogen) atoms. The fraction of sp³-hybridized carbons (Fsp3) is 0.600. The molecule has 0 saturated carbocycles. The normalized spacial score (nSPS) is 21.6. The summed E-state index contributed by atoms with van der Waals surface area (Å²) in [4.78, 5) is 29.2. The first-order valence-corrected chi connectivity index (χ1v) is 9.57. The lowest BCUT2D eigenvalue weighted by atomic mass is 10.0. The van der Waals surface area contributed by atoms with E-state index < -0.39 is 6.04 Å². The molecule has 0 radical (unpaired) electrons. The highest BCUT2D eigenvalue weighted by Crippen LogP contribution is 2.23. The quantitative estimate of drug-likeness (QED) is 0.804. The molecular formula is C20H29N3O4. The number of nitrogens with zero attached hydrogens (tertiary/aromatic N) is 2. The first-order chi connectivity index (χ1) is 13.1. The predicted octanol–water partition coefficient (Wildman–Crippen LogP) is 1.02. The van der Waals surface area contributed by atoms with Crippen molar-refractivity contribution in [2.24, 2.45) is 0 Å². The number of ether oxygens (including phenoxy) is 2. The van der Waals surface area contributed by atoms with Gasteiger partial charge in [-0.3, -0.25) is 14.5 Å². The standard InChI is InChI=1S/C20H29N3O4/c1-22(16-7-11-27-12-8-16)19(24)13-17-20(25)21-9-10-23(17)14-15-5-3-4-6-18(15)26-2/h3-6,16-17H,7-14H2,1-2H3,(H,21,25)/t17-/m1/s1. The van der Waals surface area contributed by atoms with Gasteiger partial charge >= 0.3 is 0 Å². The van der Waals surface area contributed by atoms with Crippen LogP contribution in [0, 0.1) is 0 Å². The van der Waals surface area contributed by atoms with Gasteiger partial charge in [-0.25, -0.2) is 0 Å². The van der Waals surface area contributed by atoms with Gasteiger partial charge in [0.15, 0.2) is 0 Å². The van der Waals surface area contributed by atoms with E-state index in [1.165, 1.54) is 0 Å². The Morgan fingerprint density at radius 3 is 2.81 bits per heavy atom. The molecule has 7 heteroatoms. The lowest BCUT2D eigenvalue weighted by molar-refractivity contribution is -0.140. The molecule has 2 saturated heterocycles. The smallest absolute Gasteiger partial charge is 0.237 e. The summed E-state index contributed by atoms with van der Waals surface area (Å²) in [6.45, 7) is 3.26. The monoisotopic (exact) mass is 375 g/mol. The van der Waals surface area contributed by atoms with E-state index >= 15 is 0 Å². The average molecular weight is 375 g/mol. The van der Waals surface area contributed by atoms with Gasteiger partial charge in [-0.05, 0) is 18.9 Å². The lowest BCUT2D eigenvalue weighted by Gasteiger charge is -2.37. The average Bonchev–Trinajstić information content (AvgIpc) is 2.71. The Morgan fingerprint density at radius 1 is 1.33 bits per heavy atom. The van der Waals surface area contributed by atoms with E-state index in [2.05, 4.69) is 10.2 Å². The Bertz CT molecular complexity index is 660. The Hall–Kier alpha value is -2.12. The highest BCUT2D eigenvalue weighted by molar-refractivity contribution is 5.88. The van der Waals surface area contributed by atoms with Crippen LogP contribution in [0.25, 0.3) is 0 Å². The number of carbonyl (C=O) groups is 2. The molecule has 2 amide bonds.